The molecular weight excluding hydrogens is 472 g/mol. The van der Waals surface area contributed by atoms with Gasteiger partial charge in [-0.3, -0.25) is 30.0 Å². The van der Waals surface area contributed by atoms with Gasteiger partial charge in [0.1, 0.15) is 10.6 Å². The number of sulfonamides is 1. The Labute approximate surface area is 196 Å². The van der Waals surface area contributed by atoms with Crippen molar-refractivity contribution in [1.29, 1.82) is 0 Å². The van der Waals surface area contributed by atoms with Gasteiger partial charge >= 0.3 is 0 Å². The molecule has 0 radical (unpaired) electrons. The molecule has 12 heteroatoms. The molecule has 1 fully saturated rings. The van der Waals surface area contributed by atoms with Gasteiger partial charge in [0.15, 0.2) is 0 Å². The minimum absolute atomic E-state index is 0.00321. The minimum Gasteiger partial charge on any atom is -0.495 e. The third-order valence-corrected chi connectivity index (χ3v) is 6.78. The molecule has 3 rings (SSSR count). The molecule has 0 atom stereocenters. The van der Waals surface area contributed by atoms with Crippen LogP contribution in [-0.2, 0) is 19.6 Å². The van der Waals surface area contributed by atoms with E-state index in [9.17, 15) is 22.8 Å². The standard InChI is InChI=1S/C21H23ClN4O6S/c1-32-17-6-3-2-5-16(17)25-33(30,31)18-13-14(8-9-15(18)22)21(29)24-23-19(27)10-12-26-11-4-7-20(26)28/h2-3,5-6,8-9,13,25H,4,7,10-12H2,1H3,(H,23,27)(H,24,29). The largest absolute Gasteiger partial charge is 0.495 e. The lowest BCUT2D eigenvalue weighted by atomic mass is 10.2. The van der Waals surface area contributed by atoms with E-state index in [1.54, 1.807) is 23.1 Å². The first kappa shape index (κ1) is 24.3. The number of nitrogens with one attached hydrogen (secondary N) is 3. The van der Waals surface area contributed by atoms with Crippen LogP contribution in [0.5, 0.6) is 5.75 Å². The normalized spacial score (nSPS) is 13.5. The lowest BCUT2D eigenvalue weighted by Gasteiger charge is -2.15. The van der Waals surface area contributed by atoms with Gasteiger partial charge in [-0.25, -0.2) is 8.42 Å². The summed E-state index contributed by atoms with van der Waals surface area (Å²) in [5.41, 5.74) is 4.66. The summed E-state index contributed by atoms with van der Waals surface area (Å²) in [5.74, 6) is -0.901. The van der Waals surface area contributed by atoms with E-state index in [0.717, 1.165) is 12.5 Å². The number of carbonyl (C=O) groups is 3. The van der Waals surface area contributed by atoms with Crippen LogP contribution in [0.2, 0.25) is 5.02 Å². The van der Waals surface area contributed by atoms with Crippen LogP contribution in [0.1, 0.15) is 29.6 Å². The van der Waals surface area contributed by atoms with Crippen LogP contribution in [-0.4, -0.2) is 51.2 Å². The van der Waals surface area contributed by atoms with E-state index in [4.69, 9.17) is 16.3 Å². The monoisotopic (exact) mass is 494 g/mol. The predicted octanol–water partition coefficient (Wildman–Crippen LogP) is 1.92. The fourth-order valence-electron chi connectivity index (χ4n) is 3.22. The molecule has 1 aliphatic heterocycles. The van der Waals surface area contributed by atoms with Crippen LogP contribution < -0.4 is 20.3 Å². The lowest BCUT2D eigenvalue weighted by molar-refractivity contribution is -0.128. The third kappa shape index (κ3) is 6.14. The Balaban J connectivity index is 1.65. The molecule has 10 nitrogen and oxygen atoms in total. The van der Waals surface area contributed by atoms with Crippen molar-refractivity contribution in [3.63, 3.8) is 0 Å². The molecule has 0 spiro atoms. The van der Waals surface area contributed by atoms with E-state index in [0.29, 0.717) is 18.7 Å². The molecule has 1 saturated heterocycles. The number of likely N-dealkylation sites (tertiary alicyclic amines) is 1. The number of hydrazine groups is 1. The molecule has 176 valence electrons. The summed E-state index contributed by atoms with van der Waals surface area (Å²) in [5, 5.41) is -0.0896. The number of nitrogens with zero attached hydrogens (tertiary/aromatic N) is 1. The number of halogens is 1. The summed E-state index contributed by atoms with van der Waals surface area (Å²) in [6, 6.07) is 10.1. The van der Waals surface area contributed by atoms with Gasteiger partial charge in [0, 0.05) is 31.5 Å². The molecule has 2 aromatic rings. The number of carbonyl (C=O) groups excluding carboxylic acids is 3. The maximum atomic E-state index is 12.9. The van der Waals surface area contributed by atoms with E-state index in [2.05, 4.69) is 15.6 Å². The second-order valence-electron chi connectivity index (χ2n) is 7.19. The SMILES string of the molecule is COc1ccccc1NS(=O)(=O)c1cc(C(=O)NNC(=O)CCN2CCCC2=O)ccc1Cl. The summed E-state index contributed by atoms with van der Waals surface area (Å²) < 4.78 is 33.3. The van der Waals surface area contributed by atoms with Gasteiger partial charge in [-0.05, 0) is 36.8 Å². The first-order chi connectivity index (χ1) is 15.7. The number of rotatable bonds is 8. The summed E-state index contributed by atoms with van der Waals surface area (Å²) in [4.78, 5) is 37.3. The number of hydrogen-bond acceptors (Lipinski definition) is 6. The summed E-state index contributed by atoms with van der Waals surface area (Å²) >= 11 is 6.08. The number of para-hydroxylation sites is 2. The van der Waals surface area contributed by atoms with Gasteiger partial charge in [-0.2, -0.15) is 0 Å². The second kappa shape index (κ2) is 10.5. The summed E-state index contributed by atoms with van der Waals surface area (Å²) in [6.07, 6.45) is 1.27. The zero-order valence-electron chi connectivity index (χ0n) is 17.8. The molecule has 0 unspecified atom stereocenters. The predicted molar refractivity (Wildman–Crippen MR) is 121 cm³/mol. The highest BCUT2D eigenvalue weighted by atomic mass is 35.5. The maximum Gasteiger partial charge on any atom is 0.269 e. The molecular formula is C21H23ClN4O6S. The van der Waals surface area contributed by atoms with Crippen LogP contribution in [0.4, 0.5) is 5.69 Å². The highest BCUT2D eigenvalue weighted by Crippen LogP contribution is 2.29. The van der Waals surface area contributed by atoms with Crippen LogP contribution in [0.25, 0.3) is 0 Å². The van der Waals surface area contributed by atoms with Gasteiger partial charge in [-0.1, -0.05) is 23.7 Å². The minimum atomic E-state index is -4.15. The molecule has 33 heavy (non-hydrogen) atoms. The smallest absolute Gasteiger partial charge is 0.269 e. The topological polar surface area (TPSA) is 134 Å². The van der Waals surface area contributed by atoms with Crippen molar-refractivity contribution in [3.8, 4) is 5.75 Å². The fraction of sp³-hybridized carbons (Fsp3) is 0.286. The van der Waals surface area contributed by atoms with E-state index < -0.39 is 21.8 Å². The second-order valence-corrected chi connectivity index (χ2v) is 9.25. The van der Waals surface area contributed by atoms with E-state index in [1.165, 1.54) is 25.3 Å². The highest BCUT2D eigenvalue weighted by molar-refractivity contribution is 7.92. The third-order valence-electron chi connectivity index (χ3n) is 4.93. The van der Waals surface area contributed by atoms with Crippen LogP contribution in [0.15, 0.2) is 47.4 Å². The van der Waals surface area contributed by atoms with Gasteiger partial charge < -0.3 is 9.64 Å². The van der Waals surface area contributed by atoms with Gasteiger partial charge in [-0.15, -0.1) is 0 Å². The van der Waals surface area contributed by atoms with Gasteiger partial charge in [0.2, 0.25) is 11.8 Å². The molecule has 0 aliphatic carbocycles. The Morgan fingerprint density at radius 2 is 1.91 bits per heavy atom. The van der Waals surface area contributed by atoms with Crippen LogP contribution in [0.3, 0.4) is 0 Å². The first-order valence-electron chi connectivity index (χ1n) is 10.0. The van der Waals surface area contributed by atoms with Crippen molar-refractivity contribution in [2.24, 2.45) is 0 Å². The Kier molecular flexibility index (Phi) is 7.77. The Morgan fingerprint density at radius 1 is 1.15 bits per heavy atom. The van der Waals surface area contributed by atoms with Crippen molar-refractivity contribution in [1.82, 2.24) is 15.8 Å². The number of benzene rings is 2. The average molecular weight is 495 g/mol. The maximum absolute atomic E-state index is 12.9. The Bertz CT molecular complexity index is 1170. The van der Waals surface area contributed by atoms with E-state index >= 15 is 0 Å². The van der Waals surface area contributed by atoms with Crippen molar-refractivity contribution < 1.29 is 27.5 Å². The van der Waals surface area contributed by atoms with Crippen molar-refractivity contribution >= 4 is 45.0 Å². The molecule has 1 aliphatic rings. The number of anilines is 1. The molecule has 1 heterocycles. The molecule has 3 amide bonds. The van der Waals surface area contributed by atoms with Gasteiger partial charge in [0.25, 0.3) is 15.9 Å². The van der Waals surface area contributed by atoms with Crippen LogP contribution in [0, 0.1) is 0 Å². The molecule has 0 saturated carbocycles. The van der Waals surface area contributed by atoms with E-state index in [-0.39, 0.29) is 40.0 Å². The number of methoxy groups -OCH3 is 1. The molecule has 0 bridgehead atoms. The highest BCUT2D eigenvalue weighted by Gasteiger charge is 2.23. The van der Waals surface area contributed by atoms with Gasteiger partial charge in [0.05, 0.1) is 17.8 Å². The van der Waals surface area contributed by atoms with Crippen molar-refractivity contribution in [2.45, 2.75) is 24.2 Å². The summed E-state index contributed by atoms with van der Waals surface area (Å²) in [6.45, 7) is 0.877. The molecule has 0 aromatic heterocycles. The van der Waals surface area contributed by atoms with Crippen LogP contribution >= 0.6 is 11.6 Å². The average Bonchev–Trinajstić information content (AvgIpc) is 3.21. The Hall–Kier alpha value is -3.31. The Morgan fingerprint density at radius 3 is 2.61 bits per heavy atom. The number of amides is 3. The zero-order chi connectivity index (χ0) is 24.0. The van der Waals surface area contributed by atoms with E-state index in [1.807, 2.05) is 0 Å². The van der Waals surface area contributed by atoms with Crippen molar-refractivity contribution in [2.75, 3.05) is 24.9 Å². The lowest BCUT2D eigenvalue weighted by Crippen LogP contribution is -2.43. The quantitative estimate of drug-likeness (QED) is 0.480. The summed E-state index contributed by atoms with van der Waals surface area (Å²) in [7, 11) is -2.75. The first-order valence-corrected chi connectivity index (χ1v) is 11.9. The number of hydrogen-bond donors (Lipinski definition) is 3. The fourth-order valence-corrected chi connectivity index (χ4v) is 4.81. The number of ether oxygens (including phenoxy) is 1. The molecule has 2 aromatic carbocycles. The molecule has 3 N–H and O–H groups in total. The zero-order valence-corrected chi connectivity index (χ0v) is 19.3. The van der Waals surface area contributed by atoms with Crippen molar-refractivity contribution in [3.05, 3.63) is 53.1 Å².